The largest absolute Gasteiger partial charge is 0.422 e. The zero-order valence-electron chi connectivity index (χ0n) is 12.3. The molecule has 1 aliphatic rings. The molecule has 3 nitrogen and oxygen atoms in total. The predicted molar refractivity (Wildman–Crippen MR) is 80.2 cm³/mol. The zero-order chi connectivity index (χ0) is 14.1. The lowest BCUT2D eigenvalue weighted by atomic mass is 10.0. The molecule has 0 unspecified atom stereocenters. The van der Waals surface area contributed by atoms with Crippen molar-refractivity contribution in [1.29, 1.82) is 0 Å². The first-order chi connectivity index (χ1) is 9.65. The first-order valence-corrected chi connectivity index (χ1v) is 7.51. The Hall–Kier alpha value is -1.61. The molecule has 0 radical (unpaired) electrons. The molecule has 0 bridgehead atoms. The molecule has 1 fully saturated rings. The zero-order valence-corrected chi connectivity index (χ0v) is 12.3. The van der Waals surface area contributed by atoms with E-state index in [-0.39, 0.29) is 5.63 Å². The Morgan fingerprint density at radius 1 is 1.15 bits per heavy atom. The highest BCUT2D eigenvalue weighted by Gasteiger charge is 2.17. The number of fused-ring (bicyclic) bond motifs is 1. The fraction of sp³-hybridized carbons (Fsp3) is 0.471. The Labute approximate surface area is 119 Å². The van der Waals surface area contributed by atoms with Gasteiger partial charge in [0.05, 0.1) is 13.1 Å². The third kappa shape index (κ3) is 2.50. The van der Waals surface area contributed by atoms with E-state index in [9.17, 15) is 4.79 Å². The lowest BCUT2D eigenvalue weighted by Crippen LogP contribution is -3.11. The van der Waals surface area contributed by atoms with Crippen LogP contribution in [0.3, 0.4) is 0 Å². The van der Waals surface area contributed by atoms with E-state index in [4.69, 9.17) is 4.42 Å². The summed E-state index contributed by atoms with van der Waals surface area (Å²) in [6, 6.07) is 5.89. The number of aryl methyl sites for hydroxylation is 2. The molecular formula is C17H22NO2+. The van der Waals surface area contributed by atoms with E-state index in [0.29, 0.717) is 0 Å². The number of hydrogen-bond acceptors (Lipinski definition) is 2. The van der Waals surface area contributed by atoms with Crippen LogP contribution in [0.25, 0.3) is 11.0 Å². The van der Waals surface area contributed by atoms with Crippen LogP contribution in [0.15, 0.2) is 27.4 Å². The van der Waals surface area contributed by atoms with E-state index < -0.39 is 0 Å². The maximum atomic E-state index is 11.8. The Morgan fingerprint density at radius 3 is 2.65 bits per heavy atom. The summed E-state index contributed by atoms with van der Waals surface area (Å²) in [4.78, 5) is 13.4. The van der Waals surface area contributed by atoms with Crippen molar-refractivity contribution >= 4 is 11.0 Å². The van der Waals surface area contributed by atoms with Gasteiger partial charge in [0.2, 0.25) is 0 Å². The van der Waals surface area contributed by atoms with Gasteiger partial charge in [-0.05, 0) is 44.2 Å². The van der Waals surface area contributed by atoms with Crippen molar-refractivity contribution in [1.82, 2.24) is 0 Å². The molecule has 3 heteroatoms. The third-order valence-corrected chi connectivity index (χ3v) is 4.52. The number of rotatable bonds is 2. The summed E-state index contributed by atoms with van der Waals surface area (Å²) in [6.45, 7) is 7.44. The average molecular weight is 272 g/mol. The van der Waals surface area contributed by atoms with Crippen LogP contribution in [-0.4, -0.2) is 13.1 Å². The van der Waals surface area contributed by atoms with E-state index in [1.165, 1.54) is 37.9 Å². The van der Waals surface area contributed by atoms with Gasteiger partial charge in [0.1, 0.15) is 12.1 Å². The normalized spacial score (nSPS) is 16.7. The highest BCUT2D eigenvalue weighted by molar-refractivity contribution is 5.83. The van der Waals surface area contributed by atoms with Crippen molar-refractivity contribution in [3.8, 4) is 0 Å². The lowest BCUT2D eigenvalue weighted by Gasteiger charge is -2.24. The maximum absolute atomic E-state index is 11.8. The molecule has 0 saturated carbocycles. The van der Waals surface area contributed by atoms with Crippen LogP contribution in [0.4, 0.5) is 0 Å². The third-order valence-electron chi connectivity index (χ3n) is 4.52. The Balaban J connectivity index is 2.05. The van der Waals surface area contributed by atoms with E-state index in [1.807, 2.05) is 6.92 Å². The topological polar surface area (TPSA) is 34.7 Å². The molecule has 106 valence electrons. The van der Waals surface area contributed by atoms with E-state index in [2.05, 4.69) is 19.1 Å². The van der Waals surface area contributed by atoms with Crippen LogP contribution in [0, 0.1) is 13.8 Å². The summed E-state index contributed by atoms with van der Waals surface area (Å²) in [5.41, 5.74) is 3.93. The first kappa shape index (κ1) is 13.4. The van der Waals surface area contributed by atoms with Gasteiger partial charge in [0.15, 0.2) is 0 Å². The number of hydrogen-bond donors (Lipinski definition) is 1. The molecular weight excluding hydrogens is 250 g/mol. The fourth-order valence-electron chi connectivity index (χ4n) is 3.17. The van der Waals surface area contributed by atoms with Crippen molar-refractivity contribution in [2.45, 2.75) is 39.7 Å². The number of quaternary nitrogens is 1. The molecule has 1 saturated heterocycles. The van der Waals surface area contributed by atoms with Gasteiger partial charge >= 0.3 is 5.63 Å². The summed E-state index contributed by atoms with van der Waals surface area (Å²) in [5, 5.41) is 1.10. The van der Waals surface area contributed by atoms with Crippen LogP contribution >= 0.6 is 0 Å². The molecule has 1 aromatic heterocycles. The van der Waals surface area contributed by atoms with Gasteiger partial charge < -0.3 is 9.32 Å². The standard InChI is InChI=1S/C17H21NO2/c1-12-6-7-15-14(11-18-8-4-3-5-9-18)10-16(19)20-17(15)13(12)2/h6-7,10H,3-5,8-9,11H2,1-2H3/p+1. The van der Waals surface area contributed by atoms with Gasteiger partial charge in [-0.15, -0.1) is 0 Å². The first-order valence-electron chi connectivity index (χ1n) is 7.51. The van der Waals surface area contributed by atoms with E-state index >= 15 is 0 Å². The summed E-state index contributed by atoms with van der Waals surface area (Å²) in [7, 11) is 0. The highest BCUT2D eigenvalue weighted by Crippen LogP contribution is 2.22. The predicted octanol–water partition coefficient (Wildman–Crippen LogP) is 1.98. The fourth-order valence-corrected chi connectivity index (χ4v) is 3.17. The van der Waals surface area contributed by atoms with Crippen molar-refractivity contribution in [3.63, 3.8) is 0 Å². The van der Waals surface area contributed by atoms with Gasteiger partial charge in [-0.3, -0.25) is 0 Å². The number of nitrogens with one attached hydrogen (secondary N) is 1. The molecule has 1 aromatic carbocycles. The summed E-state index contributed by atoms with van der Waals surface area (Å²) < 4.78 is 5.44. The molecule has 2 heterocycles. The Bertz CT molecular complexity index is 681. The molecule has 1 N–H and O–H groups in total. The van der Waals surface area contributed by atoms with Gasteiger partial charge in [0, 0.05) is 17.0 Å². The second kappa shape index (κ2) is 5.41. The molecule has 0 spiro atoms. The molecule has 2 aromatic rings. The van der Waals surface area contributed by atoms with Crippen LogP contribution in [0.5, 0.6) is 0 Å². The minimum atomic E-state index is -0.224. The van der Waals surface area contributed by atoms with Crippen molar-refractivity contribution in [3.05, 3.63) is 45.3 Å². The summed E-state index contributed by atoms with van der Waals surface area (Å²) in [5.74, 6) is 0. The number of benzene rings is 1. The molecule has 3 rings (SSSR count). The Kier molecular flexibility index (Phi) is 3.62. The van der Waals surface area contributed by atoms with Crippen LogP contribution in [0.2, 0.25) is 0 Å². The van der Waals surface area contributed by atoms with Crippen LogP contribution < -0.4 is 10.5 Å². The summed E-state index contributed by atoms with van der Waals surface area (Å²) in [6.07, 6.45) is 3.94. The van der Waals surface area contributed by atoms with Gasteiger partial charge in [-0.1, -0.05) is 12.1 Å². The average Bonchev–Trinajstić information content (AvgIpc) is 2.44. The van der Waals surface area contributed by atoms with E-state index in [1.54, 1.807) is 11.0 Å². The van der Waals surface area contributed by atoms with Crippen molar-refractivity contribution < 1.29 is 9.32 Å². The second-order valence-corrected chi connectivity index (χ2v) is 5.96. The van der Waals surface area contributed by atoms with Crippen molar-refractivity contribution in [2.75, 3.05) is 13.1 Å². The van der Waals surface area contributed by atoms with Crippen LogP contribution in [0.1, 0.15) is 36.0 Å². The Morgan fingerprint density at radius 2 is 1.90 bits per heavy atom. The second-order valence-electron chi connectivity index (χ2n) is 5.96. The monoisotopic (exact) mass is 272 g/mol. The quantitative estimate of drug-likeness (QED) is 0.848. The smallest absolute Gasteiger partial charge is 0.336 e. The molecule has 20 heavy (non-hydrogen) atoms. The SMILES string of the molecule is Cc1ccc2c(C[NH+]3CCCCC3)cc(=O)oc2c1C. The van der Waals surface area contributed by atoms with E-state index in [0.717, 1.165) is 28.6 Å². The number of likely N-dealkylation sites (tertiary alicyclic amines) is 1. The van der Waals surface area contributed by atoms with Crippen LogP contribution in [-0.2, 0) is 6.54 Å². The highest BCUT2D eigenvalue weighted by atomic mass is 16.4. The molecule has 0 amide bonds. The lowest BCUT2D eigenvalue weighted by molar-refractivity contribution is -0.918. The summed E-state index contributed by atoms with van der Waals surface area (Å²) >= 11 is 0. The van der Waals surface area contributed by atoms with Crippen molar-refractivity contribution in [2.24, 2.45) is 0 Å². The minimum Gasteiger partial charge on any atom is -0.422 e. The minimum absolute atomic E-state index is 0.224. The molecule has 0 atom stereocenters. The van der Waals surface area contributed by atoms with Gasteiger partial charge in [-0.25, -0.2) is 4.79 Å². The van der Waals surface area contributed by atoms with Gasteiger partial charge in [-0.2, -0.15) is 0 Å². The maximum Gasteiger partial charge on any atom is 0.336 e. The molecule has 1 aliphatic heterocycles. The molecule has 0 aliphatic carbocycles. The number of piperidine rings is 1. The van der Waals surface area contributed by atoms with Gasteiger partial charge in [0.25, 0.3) is 0 Å².